The summed E-state index contributed by atoms with van der Waals surface area (Å²) in [6.45, 7) is 91.3. The molecule has 0 aromatic rings. The molecule has 6 saturated heterocycles. The van der Waals surface area contributed by atoms with Gasteiger partial charge in [-0.05, 0) is 254 Å². The van der Waals surface area contributed by atoms with Crippen molar-refractivity contribution in [1.29, 1.82) is 0 Å². The Balaban J connectivity index is 0.000000557. The zero-order valence-corrected chi connectivity index (χ0v) is 74.1. The first-order chi connectivity index (χ1) is 46.1. The van der Waals surface area contributed by atoms with Gasteiger partial charge in [-0.3, -0.25) is 0 Å². The van der Waals surface area contributed by atoms with Crippen molar-refractivity contribution in [3.63, 3.8) is 0 Å². The first-order valence-electron chi connectivity index (χ1n) is 43.8. The van der Waals surface area contributed by atoms with E-state index in [1.165, 1.54) is 83.5 Å². The van der Waals surface area contributed by atoms with Crippen LogP contribution in [-0.4, -0.2) is 77.3 Å². The number of hydrogen-bond donors (Lipinski definition) is 0. The summed E-state index contributed by atoms with van der Waals surface area (Å²) in [6.07, 6.45) is 20.5. The lowest BCUT2D eigenvalue weighted by Gasteiger charge is -2.26. The average Bonchev–Trinajstić information content (AvgIpc) is 1.94. The highest BCUT2D eigenvalue weighted by Crippen LogP contribution is 2.44. The van der Waals surface area contributed by atoms with Gasteiger partial charge in [-0.25, -0.2) is 0 Å². The zero-order chi connectivity index (χ0) is 75.9. The molecule has 0 spiro atoms. The van der Waals surface area contributed by atoms with Crippen LogP contribution in [0.15, 0.2) is 0 Å². The summed E-state index contributed by atoms with van der Waals surface area (Å²) in [4.78, 5) is 0. The minimum atomic E-state index is 0.523. The Bertz CT molecular complexity index is 1350. The summed E-state index contributed by atoms with van der Waals surface area (Å²) >= 11 is 0. The monoisotopic (exact) mass is 1400 g/mol. The van der Waals surface area contributed by atoms with Gasteiger partial charge in [-0.15, -0.1) is 0 Å². The molecule has 9 fully saturated rings. The molecule has 0 N–H and O–H groups in total. The standard InChI is InChI=1S/3C11H22.6C10H20O/c3*1-8(2)10-6-5-7-11(10)9(3)4;2*1-7(2)9-5-11-6-10(9)8(3)4;4*1-7(2)9-5-6-11-10(9)8(3)4/h3*8-11H,5-7H2,1-4H3;6*7-10H,5-6H2,1-4H3/t2*10-,11+;10-,11-;5*9-,10+;/m..0..100./s1. The second-order valence-corrected chi connectivity index (χ2v) is 40.1. The smallest absolute Gasteiger partial charge is 0.0629 e. The summed E-state index contributed by atoms with van der Waals surface area (Å²) in [5, 5.41) is 0. The number of hydrogen-bond acceptors (Lipinski definition) is 6. The molecule has 99 heavy (non-hydrogen) atoms. The van der Waals surface area contributed by atoms with E-state index >= 15 is 0 Å². The fourth-order valence-electron chi connectivity index (χ4n) is 20.1. The van der Waals surface area contributed by atoms with E-state index in [1.54, 1.807) is 0 Å². The minimum Gasteiger partial charge on any atom is -0.381 e. The Morgan fingerprint density at radius 2 is 0.283 bits per heavy atom. The molecule has 18 atom stereocenters. The molecule has 6 nitrogen and oxygen atoms in total. The average molecular weight is 1400 g/mol. The maximum atomic E-state index is 5.69. The molecule has 2 unspecified atom stereocenters. The van der Waals surface area contributed by atoms with Crippen molar-refractivity contribution < 1.29 is 28.4 Å². The predicted molar refractivity (Wildman–Crippen MR) is 437 cm³/mol. The molecule has 0 aromatic carbocycles. The summed E-state index contributed by atoms with van der Waals surface area (Å²) in [6, 6.07) is 0. The summed E-state index contributed by atoms with van der Waals surface area (Å²) < 4.78 is 33.7. The first-order valence-corrected chi connectivity index (χ1v) is 43.8. The lowest BCUT2D eigenvalue weighted by molar-refractivity contribution is 0.0434. The summed E-state index contributed by atoms with van der Waals surface area (Å²) in [5.74, 6) is 27.0. The van der Waals surface area contributed by atoms with E-state index in [0.29, 0.717) is 48.1 Å². The molecule has 3 saturated carbocycles. The van der Waals surface area contributed by atoms with Crippen LogP contribution < -0.4 is 0 Å². The van der Waals surface area contributed by atoms with Crippen LogP contribution in [0.1, 0.15) is 333 Å². The third kappa shape index (κ3) is 34.3. The number of rotatable bonds is 18. The van der Waals surface area contributed by atoms with Gasteiger partial charge in [-0.2, -0.15) is 0 Å². The van der Waals surface area contributed by atoms with Crippen molar-refractivity contribution in [1.82, 2.24) is 0 Å². The third-order valence-electron chi connectivity index (χ3n) is 26.6. The topological polar surface area (TPSA) is 55.4 Å². The fraction of sp³-hybridized carbons (Fsp3) is 1.00. The Morgan fingerprint density at radius 3 is 0.384 bits per heavy atom. The molecule has 6 heterocycles. The lowest BCUT2D eigenvalue weighted by atomic mass is 9.80. The zero-order valence-electron chi connectivity index (χ0n) is 74.1. The van der Waals surface area contributed by atoms with Gasteiger partial charge in [0.15, 0.2) is 0 Å². The molecule has 6 aliphatic heterocycles. The van der Waals surface area contributed by atoms with Gasteiger partial charge >= 0.3 is 0 Å². The molecule has 9 aliphatic rings. The Labute approximate surface area is 624 Å². The van der Waals surface area contributed by atoms with E-state index in [1.807, 2.05) is 0 Å². The highest BCUT2D eigenvalue weighted by molar-refractivity contribution is 4.87. The van der Waals surface area contributed by atoms with Crippen molar-refractivity contribution in [2.45, 2.75) is 357 Å². The summed E-state index contributed by atoms with van der Waals surface area (Å²) in [5.41, 5.74) is 0. The van der Waals surface area contributed by atoms with Gasteiger partial charge in [0.2, 0.25) is 0 Å². The van der Waals surface area contributed by atoms with Crippen LogP contribution in [0.4, 0.5) is 0 Å². The lowest BCUT2D eigenvalue weighted by Crippen LogP contribution is -2.25. The van der Waals surface area contributed by atoms with Gasteiger partial charge in [0.1, 0.15) is 0 Å². The first kappa shape index (κ1) is 96.8. The molecular formula is C93H186O6. The molecule has 6 heteroatoms. The number of ether oxygens (including phenoxy) is 6. The van der Waals surface area contributed by atoms with Crippen LogP contribution in [0.5, 0.6) is 0 Å². The van der Waals surface area contributed by atoms with Gasteiger partial charge in [0.25, 0.3) is 0 Å². The predicted octanol–water partition coefficient (Wildman–Crippen LogP) is 27.1. The van der Waals surface area contributed by atoms with Crippen LogP contribution >= 0.6 is 0 Å². The Hall–Kier alpha value is -0.240. The van der Waals surface area contributed by atoms with Crippen molar-refractivity contribution >= 4 is 0 Å². The van der Waals surface area contributed by atoms with E-state index in [9.17, 15) is 0 Å². The highest BCUT2D eigenvalue weighted by Gasteiger charge is 2.39. The van der Waals surface area contributed by atoms with E-state index in [0.717, 1.165) is 219 Å². The Morgan fingerprint density at radius 1 is 0.152 bits per heavy atom. The van der Waals surface area contributed by atoms with Crippen LogP contribution in [0.2, 0.25) is 0 Å². The SMILES string of the molecule is CC(C)C1CCOC1C(C)C.CC(C)[C@@H]1CCC[C@H]1C(C)C.CC(C)[C@H]1CCC[C@H]1C(C)C.CC(C)[C@H]1CCC[C@H]1C(C)C.CC(C)[C@H]1CCO[C@H]1C(C)C.CC(C)[C@H]1COC[C@H]1C(C)C.CC(C)[C@H]1COC[C@H]1C(C)C.CC(C)[C@H]1OCC[C@H]1C(C)C.CC(C)[C@H]1OCC[C@H]1C(C)C. The molecule has 9 rings (SSSR count). The minimum absolute atomic E-state index is 0.523. The molecule has 594 valence electrons. The van der Waals surface area contributed by atoms with Crippen LogP contribution in [0.3, 0.4) is 0 Å². The largest absolute Gasteiger partial charge is 0.381 e. The van der Waals surface area contributed by atoms with Crippen LogP contribution in [0.25, 0.3) is 0 Å². The van der Waals surface area contributed by atoms with Crippen LogP contribution in [-0.2, 0) is 28.4 Å². The van der Waals surface area contributed by atoms with Crippen molar-refractivity contribution in [2.75, 3.05) is 52.9 Å². The van der Waals surface area contributed by atoms with Crippen molar-refractivity contribution in [3.8, 4) is 0 Å². The van der Waals surface area contributed by atoms with E-state index in [4.69, 9.17) is 28.4 Å². The normalized spacial score (nSPS) is 32.2. The van der Waals surface area contributed by atoms with Gasteiger partial charge in [0, 0.05) is 52.9 Å². The van der Waals surface area contributed by atoms with Gasteiger partial charge in [-0.1, -0.05) is 269 Å². The molecular weight excluding hydrogens is 1210 g/mol. The highest BCUT2D eigenvalue weighted by atomic mass is 16.5. The summed E-state index contributed by atoms with van der Waals surface area (Å²) in [7, 11) is 0. The van der Waals surface area contributed by atoms with Crippen molar-refractivity contribution in [3.05, 3.63) is 0 Å². The molecule has 0 radical (unpaired) electrons. The van der Waals surface area contributed by atoms with Crippen LogP contribution in [0, 0.1) is 189 Å². The second kappa shape index (κ2) is 50.4. The quantitative estimate of drug-likeness (QED) is 0.136. The van der Waals surface area contributed by atoms with E-state index < -0.39 is 0 Å². The van der Waals surface area contributed by atoms with Gasteiger partial charge < -0.3 is 28.4 Å². The van der Waals surface area contributed by atoms with E-state index in [2.05, 4.69) is 249 Å². The fourth-order valence-corrected chi connectivity index (χ4v) is 20.1. The second-order valence-electron chi connectivity index (χ2n) is 40.1. The maximum absolute atomic E-state index is 5.69. The molecule has 0 bridgehead atoms. The van der Waals surface area contributed by atoms with E-state index in [-0.39, 0.29) is 0 Å². The molecule has 0 amide bonds. The Kier molecular flexibility index (Phi) is 49.3. The molecule has 0 aromatic heterocycles. The maximum Gasteiger partial charge on any atom is 0.0629 e. The third-order valence-corrected chi connectivity index (χ3v) is 26.6. The molecule has 3 aliphatic carbocycles. The van der Waals surface area contributed by atoms with Crippen molar-refractivity contribution in [2.24, 2.45) is 189 Å². The van der Waals surface area contributed by atoms with Gasteiger partial charge in [0.05, 0.1) is 24.4 Å².